The minimum Gasteiger partial charge on any atom is -0.466 e. The number of pyridine rings is 1. The molecule has 0 aliphatic rings. The van der Waals surface area contributed by atoms with Crippen LogP contribution in [-0.4, -0.2) is 36.1 Å². The zero-order chi connectivity index (χ0) is 12.7. The molecule has 94 valence electrons. The largest absolute Gasteiger partial charge is 0.466 e. The third-order valence-corrected chi connectivity index (χ3v) is 2.64. The lowest BCUT2D eigenvalue weighted by atomic mass is 10.2. The van der Waals surface area contributed by atoms with Gasteiger partial charge in [-0.1, -0.05) is 11.6 Å². The summed E-state index contributed by atoms with van der Waals surface area (Å²) < 4.78 is 4.86. The molecule has 1 heterocycles. The molecule has 1 rings (SSSR count). The van der Waals surface area contributed by atoms with E-state index >= 15 is 0 Å². The molecular weight excluding hydrogens is 240 g/mol. The topological polar surface area (TPSA) is 42.4 Å². The summed E-state index contributed by atoms with van der Waals surface area (Å²) in [6.07, 6.45) is 3.73. The Hall–Kier alpha value is -1.13. The van der Waals surface area contributed by atoms with Crippen LogP contribution in [0.1, 0.15) is 18.9 Å². The van der Waals surface area contributed by atoms with E-state index in [9.17, 15) is 4.79 Å². The molecule has 0 amide bonds. The van der Waals surface area contributed by atoms with E-state index in [1.165, 1.54) is 0 Å². The second kappa shape index (κ2) is 7.25. The third-order valence-electron chi connectivity index (χ3n) is 2.30. The van der Waals surface area contributed by atoms with Crippen LogP contribution in [0.15, 0.2) is 18.5 Å². The van der Waals surface area contributed by atoms with Crippen molar-refractivity contribution < 1.29 is 9.53 Å². The predicted octanol–water partition coefficient (Wildman–Crippen LogP) is 2.12. The predicted molar refractivity (Wildman–Crippen MR) is 66.8 cm³/mol. The molecule has 0 saturated carbocycles. The zero-order valence-electron chi connectivity index (χ0n) is 10.1. The maximum absolute atomic E-state index is 11.2. The summed E-state index contributed by atoms with van der Waals surface area (Å²) in [5.41, 5.74) is 1.01. The lowest BCUT2D eigenvalue weighted by molar-refractivity contribution is -0.143. The summed E-state index contributed by atoms with van der Waals surface area (Å²) in [7, 11) is 1.94. The van der Waals surface area contributed by atoms with Gasteiger partial charge in [0.1, 0.15) is 0 Å². The smallest absolute Gasteiger partial charge is 0.307 e. The molecule has 0 bridgehead atoms. The lowest BCUT2D eigenvalue weighted by Crippen LogP contribution is -2.22. The molecular formula is C12H17ClN2O2. The Bertz CT molecular complexity index is 371. The third kappa shape index (κ3) is 5.15. The van der Waals surface area contributed by atoms with Crippen molar-refractivity contribution in [1.82, 2.24) is 9.88 Å². The molecule has 0 spiro atoms. The van der Waals surface area contributed by atoms with Crippen LogP contribution in [0.5, 0.6) is 0 Å². The first kappa shape index (κ1) is 13.9. The van der Waals surface area contributed by atoms with Gasteiger partial charge < -0.3 is 9.64 Å². The van der Waals surface area contributed by atoms with Gasteiger partial charge in [0.2, 0.25) is 0 Å². The van der Waals surface area contributed by atoms with Gasteiger partial charge in [-0.3, -0.25) is 9.78 Å². The van der Waals surface area contributed by atoms with Gasteiger partial charge in [-0.15, -0.1) is 0 Å². The highest BCUT2D eigenvalue weighted by molar-refractivity contribution is 6.31. The van der Waals surface area contributed by atoms with Crippen molar-refractivity contribution in [2.75, 3.05) is 20.2 Å². The van der Waals surface area contributed by atoms with Crippen LogP contribution < -0.4 is 0 Å². The summed E-state index contributed by atoms with van der Waals surface area (Å²) in [5.74, 6) is -0.167. The molecule has 0 aromatic carbocycles. The second-order valence-electron chi connectivity index (χ2n) is 3.76. The standard InChI is InChI=1S/C12H17ClN2O2/c1-3-17-12(16)5-7-15(2)9-10-4-6-14-8-11(10)13/h4,6,8H,3,5,7,9H2,1-2H3. The van der Waals surface area contributed by atoms with Crippen LogP contribution in [0.25, 0.3) is 0 Å². The van der Waals surface area contributed by atoms with Crippen molar-refractivity contribution >= 4 is 17.6 Å². The highest BCUT2D eigenvalue weighted by Gasteiger charge is 2.07. The van der Waals surface area contributed by atoms with Crippen LogP contribution in [0.3, 0.4) is 0 Å². The number of rotatable bonds is 6. The van der Waals surface area contributed by atoms with E-state index < -0.39 is 0 Å². The molecule has 4 nitrogen and oxygen atoms in total. The molecule has 17 heavy (non-hydrogen) atoms. The van der Waals surface area contributed by atoms with E-state index in [0.717, 1.165) is 5.56 Å². The van der Waals surface area contributed by atoms with Gasteiger partial charge >= 0.3 is 5.97 Å². The van der Waals surface area contributed by atoms with Crippen molar-refractivity contribution in [3.05, 3.63) is 29.0 Å². The molecule has 0 atom stereocenters. The molecule has 0 radical (unpaired) electrons. The molecule has 0 aliphatic carbocycles. The number of hydrogen-bond acceptors (Lipinski definition) is 4. The molecule has 0 N–H and O–H groups in total. The molecule has 1 aromatic heterocycles. The highest BCUT2D eigenvalue weighted by atomic mass is 35.5. The maximum Gasteiger partial charge on any atom is 0.307 e. The van der Waals surface area contributed by atoms with Gasteiger partial charge in [0.05, 0.1) is 18.1 Å². The summed E-state index contributed by atoms with van der Waals surface area (Å²) in [5, 5.41) is 0.649. The van der Waals surface area contributed by atoms with E-state index in [2.05, 4.69) is 4.98 Å². The minimum atomic E-state index is -0.167. The van der Waals surface area contributed by atoms with Crippen molar-refractivity contribution in [3.8, 4) is 0 Å². The molecule has 0 aliphatic heterocycles. The number of aromatic nitrogens is 1. The Morgan fingerprint density at radius 2 is 2.35 bits per heavy atom. The Labute approximate surface area is 107 Å². The molecule has 0 unspecified atom stereocenters. The fraction of sp³-hybridized carbons (Fsp3) is 0.500. The minimum absolute atomic E-state index is 0.167. The van der Waals surface area contributed by atoms with Crippen LogP contribution in [0.2, 0.25) is 5.02 Å². The molecule has 0 fully saturated rings. The number of carbonyl (C=O) groups is 1. The summed E-state index contributed by atoms with van der Waals surface area (Å²) in [4.78, 5) is 17.1. The first-order valence-electron chi connectivity index (χ1n) is 5.56. The number of hydrogen-bond donors (Lipinski definition) is 0. The lowest BCUT2D eigenvalue weighted by Gasteiger charge is -2.16. The van der Waals surface area contributed by atoms with E-state index in [4.69, 9.17) is 16.3 Å². The van der Waals surface area contributed by atoms with Gasteiger partial charge in [-0.2, -0.15) is 0 Å². The van der Waals surface area contributed by atoms with Crippen molar-refractivity contribution in [2.45, 2.75) is 19.9 Å². The van der Waals surface area contributed by atoms with Crippen molar-refractivity contribution in [3.63, 3.8) is 0 Å². The first-order valence-corrected chi connectivity index (χ1v) is 5.93. The first-order chi connectivity index (χ1) is 8.13. The van der Waals surface area contributed by atoms with Crippen LogP contribution in [-0.2, 0) is 16.1 Å². The highest BCUT2D eigenvalue weighted by Crippen LogP contribution is 2.14. The van der Waals surface area contributed by atoms with Crippen molar-refractivity contribution in [2.24, 2.45) is 0 Å². The fourth-order valence-electron chi connectivity index (χ4n) is 1.42. The maximum atomic E-state index is 11.2. The van der Waals surface area contributed by atoms with Gasteiger partial charge in [0, 0.05) is 25.5 Å². The molecule has 5 heteroatoms. The van der Waals surface area contributed by atoms with Gasteiger partial charge in [-0.25, -0.2) is 0 Å². The number of nitrogens with zero attached hydrogens (tertiary/aromatic N) is 2. The molecule has 0 saturated heterocycles. The molecule has 1 aromatic rings. The van der Waals surface area contributed by atoms with Crippen LogP contribution >= 0.6 is 11.6 Å². The van der Waals surface area contributed by atoms with Gasteiger partial charge in [0.25, 0.3) is 0 Å². The summed E-state index contributed by atoms with van der Waals surface area (Å²) in [6, 6.07) is 1.88. The Morgan fingerprint density at radius 3 is 3.00 bits per heavy atom. The van der Waals surface area contributed by atoms with E-state index in [0.29, 0.717) is 31.1 Å². The van der Waals surface area contributed by atoms with E-state index in [1.807, 2.05) is 18.0 Å². The Balaban J connectivity index is 2.37. The SMILES string of the molecule is CCOC(=O)CCN(C)Cc1ccncc1Cl. The fourth-order valence-corrected chi connectivity index (χ4v) is 1.60. The number of halogens is 1. The summed E-state index contributed by atoms with van der Waals surface area (Å²) >= 11 is 6.00. The van der Waals surface area contributed by atoms with Gasteiger partial charge in [-0.05, 0) is 25.6 Å². The average Bonchev–Trinajstić information content (AvgIpc) is 2.30. The van der Waals surface area contributed by atoms with Crippen LogP contribution in [0.4, 0.5) is 0 Å². The Kier molecular flexibility index (Phi) is 5.94. The second-order valence-corrected chi connectivity index (χ2v) is 4.17. The summed E-state index contributed by atoms with van der Waals surface area (Å²) in [6.45, 7) is 3.58. The van der Waals surface area contributed by atoms with Gasteiger partial charge in [0.15, 0.2) is 0 Å². The number of esters is 1. The number of ether oxygens (including phenoxy) is 1. The van der Waals surface area contributed by atoms with Crippen LogP contribution in [0, 0.1) is 0 Å². The number of carbonyl (C=O) groups excluding carboxylic acids is 1. The zero-order valence-corrected chi connectivity index (χ0v) is 10.9. The average molecular weight is 257 g/mol. The quantitative estimate of drug-likeness (QED) is 0.732. The van der Waals surface area contributed by atoms with Crippen molar-refractivity contribution in [1.29, 1.82) is 0 Å². The van der Waals surface area contributed by atoms with E-state index in [1.54, 1.807) is 19.3 Å². The normalized spacial score (nSPS) is 10.6. The Morgan fingerprint density at radius 1 is 1.59 bits per heavy atom. The monoisotopic (exact) mass is 256 g/mol. The van der Waals surface area contributed by atoms with E-state index in [-0.39, 0.29) is 5.97 Å².